The molecule has 0 saturated heterocycles. The van der Waals surface area contributed by atoms with Gasteiger partial charge in [-0.15, -0.1) is 12.4 Å². The molecule has 0 radical (unpaired) electrons. The fraction of sp³-hybridized carbons (Fsp3) is 0.455. The highest BCUT2D eigenvalue weighted by atomic mass is 35.5. The van der Waals surface area contributed by atoms with Gasteiger partial charge in [-0.1, -0.05) is 25.4 Å². The summed E-state index contributed by atoms with van der Waals surface area (Å²) in [5.74, 6) is -0.225. The minimum Gasteiger partial charge on any atom is -0.300 e. The molecule has 0 saturated carbocycles. The zero-order valence-electron chi connectivity index (χ0n) is 8.96. The second-order valence-corrected chi connectivity index (χ2v) is 3.60. The fourth-order valence-corrected chi connectivity index (χ4v) is 1.53. The number of hydrogen-bond donors (Lipinski definition) is 0. The van der Waals surface area contributed by atoms with Crippen LogP contribution in [0.15, 0.2) is 18.2 Å². The van der Waals surface area contributed by atoms with Crippen LogP contribution in [-0.2, 0) is 6.54 Å². The van der Waals surface area contributed by atoms with E-state index in [0.29, 0.717) is 11.6 Å². The summed E-state index contributed by atoms with van der Waals surface area (Å²) < 4.78 is 12.9. The van der Waals surface area contributed by atoms with Crippen molar-refractivity contribution < 1.29 is 4.39 Å². The van der Waals surface area contributed by atoms with E-state index in [4.69, 9.17) is 11.6 Å². The summed E-state index contributed by atoms with van der Waals surface area (Å²) in [6, 6.07) is 4.49. The average Bonchev–Trinajstić information content (AvgIpc) is 2.19. The van der Waals surface area contributed by atoms with Crippen molar-refractivity contribution in [1.29, 1.82) is 0 Å². The van der Waals surface area contributed by atoms with Crippen molar-refractivity contribution in [1.82, 2.24) is 4.90 Å². The maximum Gasteiger partial charge on any atom is 0.123 e. The first-order valence-corrected chi connectivity index (χ1v) is 5.21. The van der Waals surface area contributed by atoms with E-state index in [1.165, 1.54) is 12.1 Å². The third kappa shape index (κ3) is 4.37. The van der Waals surface area contributed by atoms with Crippen LogP contribution >= 0.6 is 24.0 Å². The SMILES string of the molecule is CCN(CC)Cc1cc(F)ccc1Cl.Cl. The van der Waals surface area contributed by atoms with Gasteiger partial charge in [0, 0.05) is 11.6 Å². The second-order valence-electron chi connectivity index (χ2n) is 3.20. The summed E-state index contributed by atoms with van der Waals surface area (Å²) in [5, 5.41) is 0.637. The summed E-state index contributed by atoms with van der Waals surface area (Å²) in [4.78, 5) is 2.20. The van der Waals surface area contributed by atoms with Gasteiger partial charge in [-0.05, 0) is 36.9 Å². The molecule has 0 aromatic heterocycles. The molecule has 1 rings (SSSR count). The number of nitrogens with zero attached hydrogens (tertiary/aromatic N) is 1. The predicted octanol–water partition coefficient (Wildman–Crippen LogP) is 3.74. The lowest BCUT2D eigenvalue weighted by Gasteiger charge is -2.18. The van der Waals surface area contributed by atoms with Crippen LogP contribution < -0.4 is 0 Å². The summed E-state index contributed by atoms with van der Waals surface area (Å²) in [5.41, 5.74) is 0.857. The van der Waals surface area contributed by atoms with Gasteiger partial charge >= 0.3 is 0 Å². The highest BCUT2D eigenvalue weighted by molar-refractivity contribution is 6.31. The lowest BCUT2D eigenvalue weighted by Crippen LogP contribution is -2.22. The second kappa shape index (κ2) is 7.04. The topological polar surface area (TPSA) is 3.24 Å². The zero-order valence-corrected chi connectivity index (χ0v) is 10.5. The average molecular weight is 252 g/mol. The Labute approximate surface area is 102 Å². The molecule has 1 nitrogen and oxygen atoms in total. The van der Waals surface area contributed by atoms with Gasteiger partial charge in [-0.2, -0.15) is 0 Å². The molecule has 15 heavy (non-hydrogen) atoms. The molecule has 0 unspecified atom stereocenters. The summed E-state index contributed by atoms with van der Waals surface area (Å²) in [6.07, 6.45) is 0. The van der Waals surface area contributed by atoms with Gasteiger partial charge < -0.3 is 0 Å². The molecule has 0 heterocycles. The Bertz CT molecular complexity index is 301. The van der Waals surface area contributed by atoms with Crippen molar-refractivity contribution >= 4 is 24.0 Å². The molecule has 0 spiro atoms. The van der Waals surface area contributed by atoms with E-state index in [1.54, 1.807) is 6.07 Å². The van der Waals surface area contributed by atoms with Crippen LogP contribution in [0.5, 0.6) is 0 Å². The van der Waals surface area contributed by atoms with E-state index in [-0.39, 0.29) is 18.2 Å². The molecular weight excluding hydrogens is 236 g/mol. The van der Waals surface area contributed by atoms with E-state index in [0.717, 1.165) is 18.7 Å². The molecule has 0 aliphatic rings. The van der Waals surface area contributed by atoms with Crippen molar-refractivity contribution in [2.45, 2.75) is 20.4 Å². The van der Waals surface area contributed by atoms with Crippen LogP contribution in [0.3, 0.4) is 0 Å². The molecule has 86 valence electrons. The van der Waals surface area contributed by atoms with E-state index < -0.39 is 0 Å². The van der Waals surface area contributed by atoms with Crippen molar-refractivity contribution in [3.05, 3.63) is 34.6 Å². The number of hydrogen-bond acceptors (Lipinski definition) is 1. The van der Waals surface area contributed by atoms with Crippen molar-refractivity contribution in [2.24, 2.45) is 0 Å². The zero-order chi connectivity index (χ0) is 10.6. The standard InChI is InChI=1S/C11H15ClFN.ClH/c1-3-14(4-2)8-9-7-10(13)5-6-11(9)12;/h5-7H,3-4,8H2,1-2H3;1H. The lowest BCUT2D eigenvalue weighted by molar-refractivity contribution is 0.295. The Hall–Kier alpha value is -0.310. The summed E-state index contributed by atoms with van der Waals surface area (Å²) in [6.45, 7) is 6.77. The van der Waals surface area contributed by atoms with E-state index in [1.807, 2.05) is 0 Å². The van der Waals surface area contributed by atoms with Gasteiger partial charge in [0.1, 0.15) is 5.82 Å². The quantitative estimate of drug-likeness (QED) is 0.788. The minimum absolute atomic E-state index is 0. The molecule has 0 atom stereocenters. The van der Waals surface area contributed by atoms with Crippen LogP contribution in [-0.4, -0.2) is 18.0 Å². The third-order valence-electron chi connectivity index (χ3n) is 2.30. The van der Waals surface area contributed by atoms with E-state index in [9.17, 15) is 4.39 Å². The van der Waals surface area contributed by atoms with Gasteiger partial charge in [0.15, 0.2) is 0 Å². The predicted molar refractivity (Wildman–Crippen MR) is 65.3 cm³/mol. The number of rotatable bonds is 4. The molecule has 0 aliphatic carbocycles. The first-order chi connectivity index (χ1) is 6.67. The Morgan fingerprint density at radius 1 is 1.27 bits per heavy atom. The highest BCUT2D eigenvalue weighted by Gasteiger charge is 2.05. The number of benzene rings is 1. The van der Waals surface area contributed by atoms with Crippen molar-refractivity contribution in [3.8, 4) is 0 Å². The monoisotopic (exact) mass is 251 g/mol. The molecule has 1 aromatic carbocycles. The van der Waals surface area contributed by atoms with Crippen LogP contribution in [0.2, 0.25) is 5.02 Å². The lowest BCUT2D eigenvalue weighted by atomic mass is 10.2. The first kappa shape index (κ1) is 14.7. The number of halogens is 3. The third-order valence-corrected chi connectivity index (χ3v) is 2.66. The molecule has 0 aliphatic heterocycles. The fourth-order valence-electron chi connectivity index (χ4n) is 1.35. The van der Waals surface area contributed by atoms with Crippen molar-refractivity contribution in [2.75, 3.05) is 13.1 Å². The Morgan fingerprint density at radius 3 is 2.40 bits per heavy atom. The van der Waals surface area contributed by atoms with Gasteiger partial charge in [0.05, 0.1) is 0 Å². The largest absolute Gasteiger partial charge is 0.300 e. The van der Waals surface area contributed by atoms with Crippen LogP contribution in [0.25, 0.3) is 0 Å². The van der Waals surface area contributed by atoms with Crippen molar-refractivity contribution in [3.63, 3.8) is 0 Å². The summed E-state index contributed by atoms with van der Waals surface area (Å²) >= 11 is 5.96. The molecule has 0 fully saturated rings. The first-order valence-electron chi connectivity index (χ1n) is 4.83. The maximum absolute atomic E-state index is 12.9. The van der Waals surface area contributed by atoms with E-state index in [2.05, 4.69) is 18.7 Å². The van der Waals surface area contributed by atoms with Crippen LogP contribution in [0.4, 0.5) is 4.39 Å². The maximum atomic E-state index is 12.9. The van der Waals surface area contributed by atoms with Gasteiger partial charge in [-0.3, -0.25) is 4.90 Å². The molecule has 0 N–H and O–H groups in total. The minimum atomic E-state index is -0.225. The summed E-state index contributed by atoms with van der Waals surface area (Å²) in [7, 11) is 0. The molecule has 4 heteroatoms. The van der Waals surface area contributed by atoms with Crippen LogP contribution in [0, 0.1) is 5.82 Å². The highest BCUT2D eigenvalue weighted by Crippen LogP contribution is 2.18. The Kier molecular flexibility index (Phi) is 6.90. The smallest absolute Gasteiger partial charge is 0.123 e. The van der Waals surface area contributed by atoms with Gasteiger partial charge in [0.25, 0.3) is 0 Å². The Balaban J connectivity index is 0.00000196. The van der Waals surface area contributed by atoms with Crippen LogP contribution in [0.1, 0.15) is 19.4 Å². The molecule has 0 amide bonds. The van der Waals surface area contributed by atoms with E-state index >= 15 is 0 Å². The molecule has 1 aromatic rings. The van der Waals surface area contributed by atoms with Gasteiger partial charge in [0.2, 0.25) is 0 Å². The normalized spacial score (nSPS) is 10.2. The van der Waals surface area contributed by atoms with Gasteiger partial charge in [-0.25, -0.2) is 4.39 Å². The molecule has 0 bridgehead atoms. The Morgan fingerprint density at radius 2 is 1.87 bits per heavy atom. The molecular formula is C11H16Cl2FN.